The van der Waals surface area contributed by atoms with Crippen LogP contribution >= 0.6 is 0 Å². The fraction of sp³-hybridized carbons (Fsp3) is 0.273. The van der Waals surface area contributed by atoms with Gasteiger partial charge in [-0.3, -0.25) is 4.79 Å². The van der Waals surface area contributed by atoms with Crippen molar-refractivity contribution >= 4 is 5.78 Å². The lowest BCUT2D eigenvalue weighted by atomic mass is 10.2. The molecule has 0 N–H and O–H groups in total. The molecule has 0 amide bonds. The molecule has 2 rings (SSSR count). The van der Waals surface area contributed by atoms with Crippen LogP contribution in [0.15, 0.2) is 28.9 Å². The van der Waals surface area contributed by atoms with Gasteiger partial charge < -0.3 is 8.98 Å². The molecule has 0 aliphatic heterocycles. The largest absolute Gasteiger partial charge is 0.458 e. The fourth-order valence-electron chi connectivity index (χ4n) is 1.38. The molecule has 2 aromatic heterocycles. The monoisotopic (exact) mass is 204 g/mol. The number of nitrogens with zero attached hydrogens (tertiary/aromatic N) is 2. The molecule has 0 unspecified atom stereocenters. The minimum atomic E-state index is -0.0441. The second kappa shape index (κ2) is 3.73. The molecule has 0 saturated heterocycles. The Hall–Kier alpha value is -1.84. The summed E-state index contributed by atoms with van der Waals surface area (Å²) in [7, 11) is 1.86. The van der Waals surface area contributed by atoms with Crippen molar-refractivity contribution in [1.29, 1.82) is 0 Å². The lowest BCUT2D eigenvalue weighted by Crippen LogP contribution is -2.07. The van der Waals surface area contributed by atoms with Crippen LogP contribution in [0.4, 0.5) is 0 Å². The number of aromatic nitrogens is 2. The Kier molecular flexibility index (Phi) is 2.41. The van der Waals surface area contributed by atoms with Crippen LogP contribution in [0.25, 0.3) is 0 Å². The zero-order valence-corrected chi connectivity index (χ0v) is 8.73. The zero-order valence-electron chi connectivity index (χ0n) is 8.73. The Balaban J connectivity index is 2.14. The molecule has 0 fully saturated rings. The van der Waals surface area contributed by atoms with Crippen LogP contribution in [-0.2, 0) is 13.5 Å². The minimum absolute atomic E-state index is 0.0441. The van der Waals surface area contributed by atoms with Crippen molar-refractivity contribution in [2.24, 2.45) is 7.05 Å². The third-order valence-electron chi connectivity index (χ3n) is 2.25. The smallest absolute Gasteiger partial charge is 0.205 e. The summed E-state index contributed by atoms with van der Waals surface area (Å²) in [5.41, 5.74) is 0. The predicted octanol–water partition coefficient (Wildman–Crippen LogP) is 1.75. The summed E-state index contributed by atoms with van der Waals surface area (Å²) in [4.78, 5) is 15.8. The summed E-state index contributed by atoms with van der Waals surface area (Å²) in [6.45, 7) is 1.82. The van der Waals surface area contributed by atoms with E-state index in [0.717, 1.165) is 11.6 Å². The average molecular weight is 204 g/mol. The molecule has 15 heavy (non-hydrogen) atoms. The van der Waals surface area contributed by atoms with Gasteiger partial charge in [-0.2, -0.15) is 0 Å². The van der Waals surface area contributed by atoms with Gasteiger partial charge in [0, 0.05) is 19.4 Å². The Labute approximate surface area is 87.5 Å². The van der Waals surface area contributed by atoms with Crippen LogP contribution in [0.3, 0.4) is 0 Å². The van der Waals surface area contributed by atoms with Gasteiger partial charge in [0.25, 0.3) is 0 Å². The van der Waals surface area contributed by atoms with E-state index in [1.54, 1.807) is 18.3 Å². The Bertz CT molecular complexity index is 482. The van der Waals surface area contributed by atoms with E-state index in [4.69, 9.17) is 4.42 Å². The number of hydrogen-bond acceptors (Lipinski definition) is 3. The third kappa shape index (κ3) is 1.98. The number of carbonyl (C=O) groups is 1. The van der Waals surface area contributed by atoms with Gasteiger partial charge in [0.1, 0.15) is 11.6 Å². The van der Waals surface area contributed by atoms with Crippen molar-refractivity contribution in [3.8, 4) is 0 Å². The minimum Gasteiger partial charge on any atom is -0.458 e. The first-order valence-corrected chi connectivity index (χ1v) is 4.72. The van der Waals surface area contributed by atoms with Crippen molar-refractivity contribution in [1.82, 2.24) is 9.55 Å². The molecule has 0 saturated carbocycles. The van der Waals surface area contributed by atoms with Gasteiger partial charge in [-0.05, 0) is 19.1 Å². The summed E-state index contributed by atoms with van der Waals surface area (Å²) in [5, 5.41) is 0. The molecule has 0 bridgehead atoms. The van der Waals surface area contributed by atoms with Gasteiger partial charge >= 0.3 is 0 Å². The van der Waals surface area contributed by atoms with Gasteiger partial charge in [-0.25, -0.2) is 4.98 Å². The molecule has 0 aliphatic rings. The molecular weight excluding hydrogens is 192 g/mol. The zero-order chi connectivity index (χ0) is 10.8. The van der Waals surface area contributed by atoms with E-state index < -0.39 is 0 Å². The topological polar surface area (TPSA) is 48.0 Å². The normalized spacial score (nSPS) is 10.5. The number of hydrogen-bond donors (Lipinski definition) is 0. The van der Waals surface area contributed by atoms with E-state index in [-0.39, 0.29) is 12.2 Å². The maximum atomic E-state index is 11.7. The molecule has 0 aromatic carbocycles. The quantitative estimate of drug-likeness (QED) is 0.715. The second-order valence-corrected chi connectivity index (χ2v) is 3.46. The van der Waals surface area contributed by atoms with E-state index >= 15 is 0 Å². The van der Waals surface area contributed by atoms with Gasteiger partial charge in [-0.1, -0.05) is 0 Å². The van der Waals surface area contributed by atoms with E-state index in [0.29, 0.717) is 5.76 Å². The van der Waals surface area contributed by atoms with Crippen molar-refractivity contribution < 1.29 is 9.21 Å². The summed E-state index contributed by atoms with van der Waals surface area (Å²) >= 11 is 0. The van der Waals surface area contributed by atoms with Crippen LogP contribution in [0, 0.1) is 6.92 Å². The summed E-state index contributed by atoms with van der Waals surface area (Å²) in [5.74, 6) is 1.85. The molecule has 4 nitrogen and oxygen atoms in total. The SMILES string of the molecule is Cc1ccc(C(=O)Cc2nccn2C)o1. The van der Waals surface area contributed by atoms with E-state index in [9.17, 15) is 4.79 Å². The molecule has 0 radical (unpaired) electrons. The highest BCUT2D eigenvalue weighted by atomic mass is 16.3. The number of rotatable bonds is 3. The molecular formula is C11H12N2O2. The van der Waals surface area contributed by atoms with E-state index in [2.05, 4.69) is 4.98 Å². The van der Waals surface area contributed by atoms with Crippen molar-refractivity contribution in [2.45, 2.75) is 13.3 Å². The first kappa shape index (κ1) is 9.71. The number of aryl methyl sites for hydroxylation is 2. The fourth-order valence-corrected chi connectivity index (χ4v) is 1.38. The van der Waals surface area contributed by atoms with Crippen LogP contribution < -0.4 is 0 Å². The van der Waals surface area contributed by atoms with Gasteiger partial charge in [0.2, 0.25) is 5.78 Å². The molecule has 4 heteroatoms. The highest BCUT2D eigenvalue weighted by Crippen LogP contribution is 2.09. The van der Waals surface area contributed by atoms with Crippen LogP contribution in [0.2, 0.25) is 0 Å². The highest BCUT2D eigenvalue weighted by molar-refractivity contribution is 5.94. The predicted molar refractivity (Wildman–Crippen MR) is 54.7 cm³/mol. The first-order chi connectivity index (χ1) is 7.16. The summed E-state index contributed by atoms with van der Waals surface area (Å²) in [6, 6.07) is 3.48. The second-order valence-electron chi connectivity index (χ2n) is 3.46. The number of Topliss-reactive ketones (excluding diaryl/α,β-unsaturated/α-hetero) is 1. The number of carbonyl (C=O) groups excluding carboxylic acids is 1. The number of imidazole rings is 1. The Morgan fingerprint density at radius 2 is 2.33 bits per heavy atom. The molecule has 0 spiro atoms. The molecule has 2 aromatic rings. The lowest BCUT2D eigenvalue weighted by molar-refractivity contribution is 0.0962. The van der Waals surface area contributed by atoms with Crippen molar-refractivity contribution in [3.05, 3.63) is 41.9 Å². The maximum absolute atomic E-state index is 11.7. The van der Waals surface area contributed by atoms with Crippen LogP contribution in [0.1, 0.15) is 22.1 Å². The summed E-state index contributed by atoms with van der Waals surface area (Å²) in [6.07, 6.45) is 3.77. The molecule has 78 valence electrons. The third-order valence-corrected chi connectivity index (χ3v) is 2.25. The Morgan fingerprint density at radius 1 is 1.53 bits per heavy atom. The van der Waals surface area contributed by atoms with Crippen LogP contribution in [0.5, 0.6) is 0 Å². The lowest BCUT2D eigenvalue weighted by Gasteiger charge is -1.98. The van der Waals surface area contributed by atoms with E-state index in [1.165, 1.54) is 0 Å². The Morgan fingerprint density at radius 3 is 2.87 bits per heavy atom. The number of furan rings is 1. The molecule has 2 heterocycles. The highest BCUT2D eigenvalue weighted by Gasteiger charge is 2.13. The van der Waals surface area contributed by atoms with Gasteiger partial charge in [-0.15, -0.1) is 0 Å². The first-order valence-electron chi connectivity index (χ1n) is 4.72. The van der Waals surface area contributed by atoms with Crippen molar-refractivity contribution in [3.63, 3.8) is 0 Å². The van der Waals surface area contributed by atoms with Crippen molar-refractivity contribution in [2.75, 3.05) is 0 Å². The summed E-state index contributed by atoms with van der Waals surface area (Å²) < 4.78 is 7.07. The molecule has 0 atom stereocenters. The van der Waals surface area contributed by atoms with E-state index in [1.807, 2.05) is 24.7 Å². The molecule has 0 aliphatic carbocycles. The van der Waals surface area contributed by atoms with Gasteiger partial charge in [0.05, 0.1) is 6.42 Å². The maximum Gasteiger partial charge on any atom is 0.205 e. The van der Waals surface area contributed by atoms with Gasteiger partial charge in [0.15, 0.2) is 5.76 Å². The average Bonchev–Trinajstić information content (AvgIpc) is 2.77. The number of ketones is 1. The van der Waals surface area contributed by atoms with Crippen LogP contribution in [-0.4, -0.2) is 15.3 Å². The standard InChI is InChI=1S/C11H12N2O2/c1-8-3-4-10(15-8)9(14)7-11-12-5-6-13(11)2/h3-6H,7H2,1-2H3.